The van der Waals surface area contributed by atoms with Crippen LogP contribution in [0, 0.1) is 0 Å². The Balaban J connectivity index is 1.88. The molecule has 0 amide bonds. The van der Waals surface area contributed by atoms with Crippen LogP contribution in [0.25, 0.3) is 0 Å². The quantitative estimate of drug-likeness (QED) is 0.719. The predicted molar refractivity (Wildman–Crippen MR) is 92.5 cm³/mol. The molecule has 2 aromatic rings. The molecule has 8 heteroatoms. The Morgan fingerprint density at radius 1 is 0.833 bits per heavy atom. The number of nitrogens with zero attached hydrogens (tertiary/aromatic N) is 1. The fourth-order valence-electron chi connectivity index (χ4n) is 2.08. The third kappa shape index (κ3) is 4.64. The SMILES string of the molecule is CN(CCCNS(=O)(=O)c1ccccc1)S(=O)(=O)c1ccccc1. The lowest BCUT2D eigenvalue weighted by Crippen LogP contribution is -2.31. The van der Waals surface area contributed by atoms with Crippen molar-refractivity contribution < 1.29 is 16.8 Å². The zero-order valence-corrected chi connectivity index (χ0v) is 14.9. The summed E-state index contributed by atoms with van der Waals surface area (Å²) >= 11 is 0. The highest BCUT2D eigenvalue weighted by atomic mass is 32.2. The first-order valence-corrected chi connectivity index (χ1v) is 10.3. The maximum atomic E-state index is 12.3. The van der Waals surface area contributed by atoms with Gasteiger partial charge in [0.05, 0.1) is 9.79 Å². The molecule has 0 fully saturated rings. The number of nitrogens with one attached hydrogen (secondary N) is 1. The molecule has 0 bridgehead atoms. The van der Waals surface area contributed by atoms with Crippen molar-refractivity contribution >= 4 is 20.0 Å². The standard InChI is InChI=1S/C16H20N2O4S2/c1-18(24(21,22)16-11-6-3-7-12-16)14-8-13-17-23(19,20)15-9-4-2-5-10-15/h2-7,9-12,17H,8,13-14H2,1H3. The summed E-state index contributed by atoms with van der Waals surface area (Å²) in [7, 11) is -5.63. The molecule has 2 rings (SSSR count). The molecular weight excluding hydrogens is 348 g/mol. The van der Waals surface area contributed by atoms with Crippen molar-refractivity contribution in [3.8, 4) is 0 Å². The summed E-state index contributed by atoms with van der Waals surface area (Å²) in [6.07, 6.45) is 0.370. The molecule has 6 nitrogen and oxygen atoms in total. The fraction of sp³-hybridized carbons (Fsp3) is 0.250. The molecule has 0 aliphatic rings. The van der Waals surface area contributed by atoms with E-state index in [1.54, 1.807) is 36.4 Å². The number of sulfonamides is 2. The fourth-order valence-corrected chi connectivity index (χ4v) is 4.41. The Morgan fingerprint density at radius 2 is 1.33 bits per heavy atom. The normalized spacial score (nSPS) is 12.4. The summed E-state index contributed by atoms with van der Waals surface area (Å²) in [6, 6.07) is 16.2. The molecule has 24 heavy (non-hydrogen) atoms. The second-order valence-electron chi connectivity index (χ2n) is 5.20. The zero-order chi connectivity index (χ0) is 17.6. The van der Waals surface area contributed by atoms with Crippen LogP contribution in [0.2, 0.25) is 0 Å². The largest absolute Gasteiger partial charge is 0.242 e. The molecule has 0 aliphatic carbocycles. The number of hydrogen-bond donors (Lipinski definition) is 1. The van der Waals surface area contributed by atoms with Crippen LogP contribution in [0.5, 0.6) is 0 Å². The first-order chi connectivity index (χ1) is 11.3. The van der Waals surface area contributed by atoms with Gasteiger partial charge >= 0.3 is 0 Å². The summed E-state index contributed by atoms with van der Waals surface area (Å²) in [4.78, 5) is 0.410. The van der Waals surface area contributed by atoms with Gasteiger partial charge in [-0.15, -0.1) is 0 Å². The Kier molecular flexibility index (Phi) is 6.11. The van der Waals surface area contributed by atoms with E-state index in [0.717, 1.165) is 0 Å². The van der Waals surface area contributed by atoms with Crippen molar-refractivity contribution in [1.82, 2.24) is 9.03 Å². The van der Waals surface area contributed by atoms with Crippen LogP contribution in [0.3, 0.4) is 0 Å². The van der Waals surface area contributed by atoms with Gasteiger partial charge < -0.3 is 0 Å². The van der Waals surface area contributed by atoms with Gasteiger partial charge in [0, 0.05) is 20.1 Å². The zero-order valence-electron chi connectivity index (χ0n) is 13.3. The molecule has 0 aromatic heterocycles. The minimum absolute atomic E-state index is 0.159. The van der Waals surface area contributed by atoms with E-state index in [1.807, 2.05) is 0 Å². The highest BCUT2D eigenvalue weighted by Gasteiger charge is 2.20. The van der Waals surface area contributed by atoms with Crippen LogP contribution in [-0.2, 0) is 20.0 Å². The summed E-state index contributed by atoms with van der Waals surface area (Å²) in [5, 5.41) is 0. The van der Waals surface area contributed by atoms with Gasteiger partial charge in [-0.25, -0.2) is 25.9 Å². The molecule has 0 radical (unpaired) electrons. The van der Waals surface area contributed by atoms with Crippen LogP contribution in [0.1, 0.15) is 6.42 Å². The smallest absolute Gasteiger partial charge is 0.211 e. The van der Waals surface area contributed by atoms with Crippen LogP contribution < -0.4 is 4.72 Å². The topological polar surface area (TPSA) is 83.6 Å². The van der Waals surface area contributed by atoms with E-state index in [0.29, 0.717) is 6.42 Å². The highest BCUT2D eigenvalue weighted by Crippen LogP contribution is 2.13. The first kappa shape index (κ1) is 18.6. The minimum Gasteiger partial charge on any atom is -0.211 e. The maximum absolute atomic E-state index is 12.3. The summed E-state index contributed by atoms with van der Waals surface area (Å²) in [6.45, 7) is 0.375. The lowest BCUT2D eigenvalue weighted by Gasteiger charge is -2.17. The van der Waals surface area contributed by atoms with E-state index in [9.17, 15) is 16.8 Å². The molecule has 0 spiro atoms. The van der Waals surface area contributed by atoms with Crippen molar-refractivity contribution in [2.24, 2.45) is 0 Å². The average Bonchev–Trinajstić information content (AvgIpc) is 2.60. The van der Waals surface area contributed by atoms with Gasteiger partial charge in [-0.2, -0.15) is 0 Å². The van der Waals surface area contributed by atoms with Gasteiger partial charge in [0.2, 0.25) is 20.0 Å². The number of benzene rings is 2. The molecule has 0 unspecified atom stereocenters. The third-order valence-electron chi connectivity index (χ3n) is 3.45. The van der Waals surface area contributed by atoms with Crippen LogP contribution in [0.4, 0.5) is 0 Å². The maximum Gasteiger partial charge on any atom is 0.242 e. The molecule has 130 valence electrons. The van der Waals surface area contributed by atoms with E-state index < -0.39 is 20.0 Å². The Morgan fingerprint density at radius 3 is 1.88 bits per heavy atom. The van der Waals surface area contributed by atoms with Crippen LogP contribution >= 0.6 is 0 Å². The molecule has 0 aliphatic heterocycles. The molecule has 2 aromatic carbocycles. The van der Waals surface area contributed by atoms with E-state index >= 15 is 0 Å². The van der Waals surface area contributed by atoms with Crippen molar-refractivity contribution in [2.45, 2.75) is 16.2 Å². The first-order valence-electron chi connectivity index (χ1n) is 7.40. The number of rotatable bonds is 8. The minimum atomic E-state index is -3.56. The van der Waals surface area contributed by atoms with Gasteiger partial charge in [0.25, 0.3) is 0 Å². The van der Waals surface area contributed by atoms with Crippen LogP contribution in [0.15, 0.2) is 70.5 Å². The average molecular weight is 368 g/mol. The van der Waals surface area contributed by atoms with Gasteiger partial charge in [0.15, 0.2) is 0 Å². The van der Waals surface area contributed by atoms with Crippen LogP contribution in [-0.4, -0.2) is 41.3 Å². The Labute approximate surface area is 143 Å². The van der Waals surface area contributed by atoms with Gasteiger partial charge in [-0.05, 0) is 30.7 Å². The monoisotopic (exact) mass is 368 g/mol. The van der Waals surface area contributed by atoms with Crippen molar-refractivity contribution in [3.05, 3.63) is 60.7 Å². The summed E-state index contributed by atoms with van der Waals surface area (Å²) in [5.41, 5.74) is 0. The Hall–Kier alpha value is -1.74. The van der Waals surface area contributed by atoms with Gasteiger partial charge in [-0.3, -0.25) is 0 Å². The lowest BCUT2D eigenvalue weighted by atomic mass is 10.4. The van der Waals surface area contributed by atoms with Crippen molar-refractivity contribution in [2.75, 3.05) is 20.1 Å². The van der Waals surface area contributed by atoms with Gasteiger partial charge in [-0.1, -0.05) is 36.4 Å². The van der Waals surface area contributed by atoms with E-state index in [2.05, 4.69) is 4.72 Å². The molecular formula is C16H20N2O4S2. The summed E-state index contributed by atoms with van der Waals surface area (Å²) < 4.78 is 52.5. The number of hydrogen-bond acceptors (Lipinski definition) is 4. The second-order valence-corrected chi connectivity index (χ2v) is 9.02. The predicted octanol–water partition coefficient (Wildman–Crippen LogP) is 1.68. The third-order valence-corrected chi connectivity index (χ3v) is 6.79. The molecule has 0 saturated heterocycles. The van der Waals surface area contributed by atoms with E-state index in [4.69, 9.17) is 0 Å². The summed E-state index contributed by atoms with van der Waals surface area (Å²) in [5.74, 6) is 0. The molecule has 0 heterocycles. The van der Waals surface area contributed by atoms with Crippen molar-refractivity contribution in [3.63, 3.8) is 0 Å². The second kappa shape index (κ2) is 7.89. The molecule has 0 atom stereocenters. The lowest BCUT2D eigenvalue weighted by molar-refractivity contribution is 0.460. The van der Waals surface area contributed by atoms with Gasteiger partial charge in [0.1, 0.15) is 0 Å². The van der Waals surface area contributed by atoms with E-state index in [-0.39, 0.29) is 22.9 Å². The van der Waals surface area contributed by atoms with E-state index in [1.165, 1.54) is 35.6 Å². The highest BCUT2D eigenvalue weighted by molar-refractivity contribution is 7.89. The Bertz CT molecular complexity index is 851. The molecule has 1 N–H and O–H groups in total. The van der Waals surface area contributed by atoms with Crippen molar-refractivity contribution in [1.29, 1.82) is 0 Å². The molecule has 0 saturated carbocycles.